The number of halogens is 1. The fourth-order valence-corrected chi connectivity index (χ4v) is 5.27. The van der Waals surface area contributed by atoms with E-state index in [1.165, 1.54) is 5.01 Å². The van der Waals surface area contributed by atoms with E-state index in [2.05, 4.69) is 4.98 Å². The van der Waals surface area contributed by atoms with E-state index >= 15 is 0 Å². The number of anilines is 1. The third-order valence-electron chi connectivity index (χ3n) is 7.07. The molecule has 0 radical (unpaired) electrons. The first-order valence-electron chi connectivity index (χ1n) is 13.0. The molecule has 0 spiro atoms. The number of aromatic amines is 1. The lowest BCUT2D eigenvalue weighted by Crippen LogP contribution is -2.27. The van der Waals surface area contributed by atoms with Crippen LogP contribution >= 0.6 is 11.6 Å². The maximum Gasteiger partial charge on any atom is 0.303 e. The molecule has 1 aliphatic rings. The van der Waals surface area contributed by atoms with Crippen LogP contribution in [0.5, 0.6) is 0 Å². The van der Waals surface area contributed by atoms with Gasteiger partial charge in [-0.3, -0.25) is 14.4 Å². The third-order valence-corrected chi connectivity index (χ3v) is 7.30. The molecule has 4 aromatic rings. The molecule has 0 unspecified atom stereocenters. The van der Waals surface area contributed by atoms with E-state index in [1.807, 2.05) is 79.7 Å². The number of carbonyl (C=O) groups excluding carboxylic acids is 1. The quantitative estimate of drug-likeness (QED) is 0.283. The Morgan fingerprint density at radius 3 is 2.42 bits per heavy atom. The van der Waals surface area contributed by atoms with Crippen LogP contribution in [0, 0.1) is 0 Å². The Bertz CT molecular complexity index is 1660. The van der Waals surface area contributed by atoms with Gasteiger partial charge in [-0.05, 0) is 47.9 Å². The molecule has 0 fully saturated rings. The number of hydrogen-bond acceptors (Lipinski definition) is 5. The summed E-state index contributed by atoms with van der Waals surface area (Å²) in [5.74, 6) is -1.25. The minimum absolute atomic E-state index is 0.0323. The highest BCUT2D eigenvalue weighted by Crippen LogP contribution is 2.38. The Hall–Kier alpha value is -4.43. The van der Waals surface area contributed by atoms with E-state index in [9.17, 15) is 14.4 Å². The Balaban J connectivity index is 1.64. The molecule has 2 N–H and O–H groups in total. The van der Waals surface area contributed by atoms with Crippen LogP contribution in [0.4, 0.5) is 5.69 Å². The zero-order chi connectivity index (χ0) is 28.4. The molecule has 0 aliphatic carbocycles. The first kappa shape index (κ1) is 27.1. The number of nitrogens with one attached hydrogen (secondary N) is 1. The molecule has 40 heavy (non-hydrogen) atoms. The average Bonchev–Trinajstić information content (AvgIpc) is 3.38. The molecule has 1 amide bonds. The summed E-state index contributed by atoms with van der Waals surface area (Å²) in [5.41, 5.74) is 4.61. The van der Waals surface area contributed by atoms with Gasteiger partial charge < -0.3 is 15.0 Å². The van der Waals surface area contributed by atoms with Gasteiger partial charge >= 0.3 is 5.97 Å². The van der Waals surface area contributed by atoms with Gasteiger partial charge in [-0.15, -0.1) is 0 Å². The largest absolute Gasteiger partial charge is 0.481 e. The van der Waals surface area contributed by atoms with Gasteiger partial charge in [0.2, 0.25) is 5.91 Å². The number of carbonyl (C=O) groups is 2. The number of amides is 1. The summed E-state index contributed by atoms with van der Waals surface area (Å²) in [7, 11) is 3.90. The van der Waals surface area contributed by atoms with Crippen molar-refractivity contribution in [1.29, 1.82) is 0 Å². The number of rotatable bonds is 8. The summed E-state index contributed by atoms with van der Waals surface area (Å²) < 4.78 is 0. The van der Waals surface area contributed by atoms with Gasteiger partial charge in [-0.25, -0.2) is 5.01 Å². The van der Waals surface area contributed by atoms with Crippen molar-refractivity contribution in [1.82, 2.24) is 9.99 Å². The van der Waals surface area contributed by atoms with Crippen molar-refractivity contribution in [3.8, 4) is 11.1 Å². The van der Waals surface area contributed by atoms with E-state index in [0.29, 0.717) is 33.8 Å². The van der Waals surface area contributed by atoms with Crippen molar-refractivity contribution < 1.29 is 14.7 Å². The smallest absolute Gasteiger partial charge is 0.303 e. The van der Waals surface area contributed by atoms with Crippen molar-refractivity contribution in [2.45, 2.75) is 31.7 Å². The highest BCUT2D eigenvalue weighted by Gasteiger charge is 2.35. The number of aliphatic carboxylic acids is 1. The third kappa shape index (κ3) is 5.49. The van der Waals surface area contributed by atoms with Crippen molar-refractivity contribution in [2.75, 3.05) is 19.0 Å². The summed E-state index contributed by atoms with van der Waals surface area (Å²) in [6.45, 7) is 0. The van der Waals surface area contributed by atoms with Crippen LogP contribution in [0.15, 0.2) is 82.7 Å². The lowest BCUT2D eigenvalue weighted by molar-refractivity contribution is -0.137. The van der Waals surface area contributed by atoms with Crippen LogP contribution in [0.3, 0.4) is 0 Å². The second-order valence-corrected chi connectivity index (χ2v) is 10.4. The van der Waals surface area contributed by atoms with Gasteiger partial charge in [0.05, 0.1) is 17.3 Å². The van der Waals surface area contributed by atoms with Crippen LogP contribution < -0.4 is 10.5 Å². The minimum atomic E-state index is -0.955. The highest BCUT2D eigenvalue weighted by molar-refractivity contribution is 6.31. The fraction of sp³-hybridized carbons (Fsp3) is 0.226. The second-order valence-electron chi connectivity index (χ2n) is 10.00. The van der Waals surface area contributed by atoms with Gasteiger partial charge in [0.1, 0.15) is 0 Å². The Labute approximate surface area is 236 Å². The maximum absolute atomic E-state index is 13.6. The van der Waals surface area contributed by atoms with Crippen molar-refractivity contribution in [3.63, 3.8) is 0 Å². The molecule has 1 aromatic heterocycles. The number of hydrazone groups is 1. The molecule has 5 rings (SSSR count). The maximum atomic E-state index is 13.6. The number of pyridine rings is 1. The molecule has 0 bridgehead atoms. The predicted molar refractivity (Wildman–Crippen MR) is 158 cm³/mol. The summed E-state index contributed by atoms with van der Waals surface area (Å²) in [5, 5.41) is 16.5. The standard InChI is InChI=1S/C31H29ClN4O4/c1-35(2)22-14-11-19(12-15-22)26-18-25(34-36(26)27(37)9-6-10-28(38)39)30-29(20-7-4-3-5-8-20)23-17-21(32)13-16-24(23)33-31(30)40/h3-5,7-8,11-17,26H,6,9-10,18H2,1-2H3,(H,33,40)(H,38,39)/t26-/m1/s1. The minimum Gasteiger partial charge on any atom is -0.481 e. The molecule has 1 aliphatic heterocycles. The molecule has 0 saturated carbocycles. The molecule has 9 heteroatoms. The van der Waals surface area contributed by atoms with E-state index in [1.54, 1.807) is 12.1 Å². The number of nitrogens with zero attached hydrogens (tertiary/aromatic N) is 3. The van der Waals surface area contributed by atoms with Gasteiger partial charge in [0.15, 0.2) is 0 Å². The van der Waals surface area contributed by atoms with Gasteiger partial charge in [-0.2, -0.15) is 5.10 Å². The number of fused-ring (bicyclic) bond motifs is 1. The number of aromatic nitrogens is 1. The van der Waals surface area contributed by atoms with Crippen molar-refractivity contribution in [3.05, 3.63) is 99.3 Å². The van der Waals surface area contributed by atoms with E-state index < -0.39 is 12.0 Å². The Kier molecular flexibility index (Phi) is 7.71. The summed E-state index contributed by atoms with van der Waals surface area (Å²) in [4.78, 5) is 43.0. The van der Waals surface area contributed by atoms with E-state index in [-0.39, 0.29) is 30.7 Å². The number of carboxylic acids is 1. The van der Waals surface area contributed by atoms with Crippen LogP contribution in [0.25, 0.3) is 22.0 Å². The van der Waals surface area contributed by atoms with Crippen molar-refractivity contribution in [2.24, 2.45) is 5.10 Å². The monoisotopic (exact) mass is 556 g/mol. The summed E-state index contributed by atoms with van der Waals surface area (Å²) >= 11 is 6.38. The number of carboxylic acid groups (broad SMARTS) is 1. The molecule has 204 valence electrons. The zero-order valence-electron chi connectivity index (χ0n) is 22.2. The molecule has 2 heterocycles. The van der Waals surface area contributed by atoms with Crippen LogP contribution in [-0.4, -0.2) is 46.8 Å². The highest BCUT2D eigenvalue weighted by atomic mass is 35.5. The molecule has 3 aromatic carbocycles. The number of hydrogen-bond donors (Lipinski definition) is 2. The Morgan fingerprint density at radius 2 is 1.75 bits per heavy atom. The normalized spacial score (nSPS) is 14.8. The van der Waals surface area contributed by atoms with Gasteiger partial charge in [0, 0.05) is 60.5 Å². The number of H-pyrrole nitrogens is 1. The fourth-order valence-electron chi connectivity index (χ4n) is 5.10. The first-order valence-corrected chi connectivity index (χ1v) is 13.4. The predicted octanol–water partition coefficient (Wildman–Crippen LogP) is 5.85. The molecule has 8 nitrogen and oxygen atoms in total. The lowest BCUT2D eigenvalue weighted by Gasteiger charge is -2.23. The molecule has 1 atom stereocenters. The van der Waals surface area contributed by atoms with Gasteiger partial charge in [-0.1, -0.05) is 54.1 Å². The van der Waals surface area contributed by atoms with Crippen LogP contribution in [0.1, 0.15) is 42.9 Å². The van der Waals surface area contributed by atoms with Crippen LogP contribution in [-0.2, 0) is 9.59 Å². The molecular weight excluding hydrogens is 528 g/mol. The molecular formula is C31H29ClN4O4. The summed E-state index contributed by atoms with van der Waals surface area (Å²) in [6.07, 6.45) is 0.444. The number of benzene rings is 3. The van der Waals surface area contributed by atoms with Crippen LogP contribution in [0.2, 0.25) is 5.02 Å². The SMILES string of the molecule is CN(C)c1ccc([C@H]2CC(c3c(-c4ccccc4)c4cc(Cl)ccc4[nH]c3=O)=NN2C(=O)CCCC(=O)O)cc1. The zero-order valence-corrected chi connectivity index (χ0v) is 23.0. The van der Waals surface area contributed by atoms with Crippen molar-refractivity contribution >= 4 is 45.8 Å². The first-order chi connectivity index (χ1) is 19.2. The summed E-state index contributed by atoms with van der Waals surface area (Å²) in [6, 6.07) is 22.3. The topological polar surface area (TPSA) is 106 Å². The van der Waals surface area contributed by atoms with Gasteiger partial charge in [0.25, 0.3) is 5.56 Å². The molecule has 0 saturated heterocycles. The van der Waals surface area contributed by atoms with E-state index in [0.717, 1.165) is 22.2 Å². The van der Waals surface area contributed by atoms with E-state index in [4.69, 9.17) is 21.8 Å². The second kappa shape index (κ2) is 11.4. The average molecular weight is 557 g/mol. The lowest BCUT2D eigenvalue weighted by atomic mass is 9.91. The Morgan fingerprint density at radius 1 is 1.02 bits per heavy atom.